The van der Waals surface area contributed by atoms with Crippen molar-refractivity contribution in [3.05, 3.63) is 5.69 Å². The number of hydrogen-bond donors (Lipinski definition) is 1. The number of tetrazole rings is 1. The summed E-state index contributed by atoms with van der Waals surface area (Å²) in [4.78, 5) is 11.3. The topological polar surface area (TPSA) is 107 Å². The van der Waals surface area contributed by atoms with Crippen LogP contribution in [0.4, 0.5) is 0 Å². The molecule has 0 radical (unpaired) electrons. The molecule has 0 bridgehead atoms. The van der Waals surface area contributed by atoms with E-state index in [1.54, 1.807) is 0 Å². The predicted octanol–water partition coefficient (Wildman–Crippen LogP) is -0.161. The maximum Gasteiger partial charge on any atom is 0.325 e. The summed E-state index contributed by atoms with van der Waals surface area (Å²) >= 11 is 1.16. The predicted molar refractivity (Wildman–Crippen MR) is 53.7 cm³/mol. The molecule has 84 valence electrons. The van der Waals surface area contributed by atoms with Crippen LogP contribution < -0.4 is 0 Å². The lowest BCUT2D eigenvalue weighted by Gasteiger charge is -1.99. The van der Waals surface area contributed by atoms with Gasteiger partial charge in [-0.1, -0.05) is 11.4 Å². The van der Waals surface area contributed by atoms with Gasteiger partial charge in [0.25, 0.3) is 0 Å². The van der Waals surface area contributed by atoms with Crippen molar-refractivity contribution in [1.82, 2.24) is 29.8 Å². The molecular weight excluding hydrogens is 232 g/mol. The fraction of sp³-hybridized carbons (Fsp3) is 0.429. The van der Waals surface area contributed by atoms with Gasteiger partial charge in [0, 0.05) is 0 Å². The van der Waals surface area contributed by atoms with E-state index in [1.807, 2.05) is 6.92 Å². The first kappa shape index (κ1) is 10.6. The van der Waals surface area contributed by atoms with E-state index in [2.05, 4.69) is 25.1 Å². The van der Waals surface area contributed by atoms with E-state index in [4.69, 9.17) is 5.11 Å². The third kappa shape index (κ3) is 1.89. The zero-order valence-electron chi connectivity index (χ0n) is 8.36. The summed E-state index contributed by atoms with van der Waals surface area (Å²) < 4.78 is 5.02. The van der Waals surface area contributed by atoms with E-state index in [9.17, 15) is 4.79 Å². The van der Waals surface area contributed by atoms with Gasteiger partial charge in [0.05, 0.1) is 5.69 Å². The quantitative estimate of drug-likeness (QED) is 0.791. The molecule has 0 fully saturated rings. The molecule has 16 heavy (non-hydrogen) atoms. The van der Waals surface area contributed by atoms with Gasteiger partial charge in [-0.15, -0.1) is 10.2 Å². The van der Waals surface area contributed by atoms with Gasteiger partial charge in [0.15, 0.2) is 5.82 Å². The second-order valence-corrected chi connectivity index (χ2v) is 3.71. The highest BCUT2D eigenvalue weighted by Crippen LogP contribution is 2.23. The average Bonchev–Trinajstić information content (AvgIpc) is 2.83. The monoisotopic (exact) mass is 240 g/mol. The van der Waals surface area contributed by atoms with Crippen LogP contribution >= 0.6 is 11.5 Å². The van der Waals surface area contributed by atoms with E-state index in [1.165, 1.54) is 4.68 Å². The lowest BCUT2D eigenvalue weighted by molar-refractivity contribution is -0.137. The Morgan fingerprint density at radius 2 is 2.31 bits per heavy atom. The molecule has 0 atom stereocenters. The Morgan fingerprint density at radius 3 is 3.00 bits per heavy atom. The van der Waals surface area contributed by atoms with Crippen LogP contribution in [0.1, 0.15) is 12.6 Å². The first-order valence-corrected chi connectivity index (χ1v) is 5.29. The number of nitrogens with zero attached hydrogens (tertiary/aromatic N) is 6. The molecule has 2 rings (SSSR count). The molecule has 0 aliphatic rings. The van der Waals surface area contributed by atoms with Gasteiger partial charge < -0.3 is 5.11 Å². The van der Waals surface area contributed by atoms with Crippen molar-refractivity contribution in [3.8, 4) is 10.7 Å². The van der Waals surface area contributed by atoms with Crippen molar-refractivity contribution < 1.29 is 9.90 Å². The largest absolute Gasteiger partial charge is 0.480 e. The molecule has 0 saturated carbocycles. The summed E-state index contributed by atoms with van der Waals surface area (Å²) in [5.74, 6) is -0.599. The Morgan fingerprint density at radius 1 is 1.50 bits per heavy atom. The van der Waals surface area contributed by atoms with Gasteiger partial charge in [0.2, 0.25) is 0 Å². The zero-order chi connectivity index (χ0) is 11.5. The molecule has 0 spiro atoms. The molecule has 0 unspecified atom stereocenters. The van der Waals surface area contributed by atoms with Crippen LogP contribution in [-0.4, -0.2) is 40.9 Å². The molecule has 2 aromatic heterocycles. The number of aliphatic carboxylic acids is 1. The lowest BCUT2D eigenvalue weighted by atomic mass is 10.3. The molecule has 2 aromatic rings. The summed E-state index contributed by atoms with van der Waals surface area (Å²) in [6, 6.07) is 0. The first-order valence-electron chi connectivity index (χ1n) is 4.52. The van der Waals surface area contributed by atoms with E-state index < -0.39 is 5.97 Å². The van der Waals surface area contributed by atoms with E-state index in [-0.39, 0.29) is 6.54 Å². The number of carbonyl (C=O) groups is 1. The highest BCUT2D eigenvalue weighted by Gasteiger charge is 2.17. The van der Waals surface area contributed by atoms with Crippen LogP contribution in [0.5, 0.6) is 0 Å². The second kappa shape index (κ2) is 4.31. The number of hydrogen-bond acceptors (Lipinski definition) is 7. The van der Waals surface area contributed by atoms with Gasteiger partial charge in [-0.3, -0.25) is 4.79 Å². The molecule has 0 saturated heterocycles. The second-order valence-electron chi connectivity index (χ2n) is 2.96. The van der Waals surface area contributed by atoms with Gasteiger partial charge in [-0.05, 0) is 28.4 Å². The highest BCUT2D eigenvalue weighted by molar-refractivity contribution is 7.09. The number of carboxylic acid groups (broad SMARTS) is 1. The van der Waals surface area contributed by atoms with Gasteiger partial charge in [-0.2, -0.15) is 0 Å². The minimum absolute atomic E-state index is 0.274. The molecule has 0 aromatic carbocycles. The minimum atomic E-state index is -0.996. The molecule has 0 aliphatic carbocycles. The Labute approximate surface area is 94.1 Å². The molecule has 8 nitrogen and oxygen atoms in total. The highest BCUT2D eigenvalue weighted by atomic mass is 32.1. The van der Waals surface area contributed by atoms with Crippen molar-refractivity contribution in [3.63, 3.8) is 0 Å². The molecule has 0 amide bonds. The van der Waals surface area contributed by atoms with Crippen molar-refractivity contribution in [2.45, 2.75) is 19.9 Å². The number of aryl methyl sites for hydroxylation is 1. The smallest absolute Gasteiger partial charge is 0.325 e. The summed E-state index contributed by atoms with van der Waals surface area (Å²) in [6.45, 7) is 1.66. The summed E-state index contributed by atoms with van der Waals surface area (Å²) in [7, 11) is 0. The number of carboxylic acids is 1. The Balaban J connectivity index is 2.40. The van der Waals surface area contributed by atoms with Crippen molar-refractivity contribution in [1.29, 1.82) is 0 Å². The molecular formula is C7H8N6O2S. The van der Waals surface area contributed by atoms with Crippen LogP contribution in [0.25, 0.3) is 10.7 Å². The number of rotatable bonds is 4. The van der Waals surface area contributed by atoms with Crippen LogP contribution in [0.3, 0.4) is 0 Å². The Hall–Kier alpha value is -1.90. The van der Waals surface area contributed by atoms with Crippen molar-refractivity contribution in [2.24, 2.45) is 0 Å². The molecule has 0 aliphatic heterocycles. The summed E-state index contributed by atoms with van der Waals surface area (Å²) in [5.41, 5.74) is 0.770. The summed E-state index contributed by atoms with van der Waals surface area (Å²) in [5, 5.41) is 23.5. The van der Waals surface area contributed by atoms with E-state index in [0.29, 0.717) is 17.1 Å². The van der Waals surface area contributed by atoms with Gasteiger partial charge in [0.1, 0.15) is 11.4 Å². The Bertz CT molecular complexity index is 506. The maximum absolute atomic E-state index is 10.6. The number of aromatic nitrogens is 6. The summed E-state index contributed by atoms with van der Waals surface area (Å²) in [6.07, 6.45) is 0.700. The molecule has 1 N–H and O–H groups in total. The van der Waals surface area contributed by atoms with Gasteiger partial charge in [-0.25, -0.2) is 4.68 Å². The first-order chi connectivity index (χ1) is 7.72. The van der Waals surface area contributed by atoms with Crippen LogP contribution in [0.15, 0.2) is 0 Å². The fourth-order valence-corrected chi connectivity index (χ4v) is 1.95. The van der Waals surface area contributed by atoms with E-state index in [0.717, 1.165) is 17.2 Å². The normalized spacial score (nSPS) is 10.6. The average molecular weight is 240 g/mol. The van der Waals surface area contributed by atoms with Gasteiger partial charge >= 0.3 is 5.97 Å². The molecule has 2 heterocycles. The lowest BCUT2D eigenvalue weighted by Crippen LogP contribution is -2.11. The zero-order valence-corrected chi connectivity index (χ0v) is 9.18. The maximum atomic E-state index is 10.6. The standard InChI is InChI=1S/C7H8N6O2S/c1-2-4-6(16-12-8-4)7-9-10-11-13(7)3-5(14)15/h2-3H2,1H3,(H,14,15). The van der Waals surface area contributed by atoms with Crippen LogP contribution in [-0.2, 0) is 17.8 Å². The third-order valence-corrected chi connectivity index (χ3v) is 2.67. The van der Waals surface area contributed by atoms with Crippen molar-refractivity contribution >= 4 is 17.5 Å². The third-order valence-electron chi connectivity index (χ3n) is 1.91. The Kier molecular flexibility index (Phi) is 2.86. The van der Waals surface area contributed by atoms with Crippen LogP contribution in [0, 0.1) is 0 Å². The van der Waals surface area contributed by atoms with E-state index >= 15 is 0 Å². The fourth-order valence-electron chi connectivity index (χ4n) is 1.21. The molecule has 9 heteroatoms. The van der Waals surface area contributed by atoms with Crippen LogP contribution in [0.2, 0.25) is 0 Å². The van der Waals surface area contributed by atoms with Crippen molar-refractivity contribution in [2.75, 3.05) is 0 Å². The SMILES string of the molecule is CCc1nnsc1-c1nnnn1CC(=O)O. The minimum Gasteiger partial charge on any atom is -0.480 e.